The number of fused-ring (bicyclic) bond motifs is 2. The van der Waals surface area contributed by atoms with Crippen LogP contribution in [-0.4, -0.2) is 50.1 Å². The maximum atomic E-state index is 13.6. The number of aromatic nitrogens is 2. The van der Waals surface area contributed by atoms with E-state index in [0.717, 1.165) is 74.0 Å². The first-order valence-corrected chi connectivity index (χ1v) is 17.8. The fourth-order valence-electron chi connectivity index (χ4n) is 7.27. The summed E-state index contributed by atoms with van der Waals surface area (Å²) in [5.74, 6) is 1.66. The van der Waals surface area contributed by atoms with Gasteiger partial charge in [-0.3, -0.25) is 0 Å². The van der Waals surface area contributed by atoms with E-state index in [4.69, 9.17) is 9.47 Å². The van der Waals surface area contributed by atoms with Crippen molar-refractivity contribution < 1.29 is 23.1 Å². The molecule has 6 aromatic rings. The predicted molar refractivity (Wildman–Crippen MR) is 193 cm³/mol. The number of H-pyrrole nitrogens is 2. The Balaban J connectivity index is 1.30. The van der Waals surface area contributed by atoms with Crippen LogP contribution in [0.4, 0.5) is 0 Å². The lowest BCUT2D eigenvalue weighted by Gasteiger charge is -2.23. The van der Waals surface area contributed by atoms with E-state index in [2.05, 4.69) is 44.4 Å². The minimum absolute atomic E-state index is 0.0367. The van der Waals surface area contributed by atoms with Crippen molar-refractivity contribution in [3.8, 4) is 11.5 Å². The second-order valence-electron chi connectivity index (χ2n) is 13.1. The van der Waals surface area contributed by atoms with E-state index in [1.807, 2.05) is 67.6 Å². The fourth-order valence-corrected chi connectivity index (χ4v) is 8.38. The Hall–Kier alpha value is -5.06. The summed E-state index contributed by atoms with van der Waals surface area (Å²) < 4.78 is 41.3. The van der Waals surface area contributed by atoms with E-state index < -0.39 is 15.4 Å². The van der Waals surface area contributed by atoms with Gasteiger partial charge in [0, 0.05) is 52.1 Å². The van der Waals surface area contributed by atoms with Gasteiger partial charge >= 0.3 is 0 Å². The second kappa shape index (κ2) is 12.8. The van der Waals surface area contributed by atoms with Crippen LogP contribution < -0.4 is 14.2 Å². The van der Waals surface area contributed by atoms with E-state index >= 15 is 0 Å². The molecule has 0 aliphatic heterocycles. The molecule has 1 aliphatic rings. The topological polar surface area (TPSA) is 129 Å². The molecule has 0 amide bonds. The summed E-state index contributed by atoms with van der Waals surface area (Å²) in [7, 11) is -0.409. The molecule has 1 fully saturated rings. The number of oxime groups is 1. The average Bonchev–Trinajstić information content (AvgIpc) is 3.43. The minimum Gasteiger partial charge on any atom is -0.497 e. The van der Waals surface area contributed by atoms with E-state index in [0.29, 0.717) is 5.71 Å². The molecule has 0 saturated heterocycles. The maximum Gasteiger partial charge on any atom is 0.240 e. The van der Waals surface area contributed by atoms with Gasteiger partial charge < -0.3 is 24.6 Å². The Labute approximate surface area is 286 Å². The SMILES string of the molecule is COc1ccc2[nH]cc(C(CC3CC3(CNS(=O)(=O)c3ccc(C)cc3)c3ccc(/C(C)=N/O)cc3)c3c[nH]c4ccc(OC)cc34)c2c1. The highest BCUT2D eigenvalue weighted by molar-refractivity contribution is 7.89. The lowest BCUT2D eigenvalue weighted by molar-refractivity contribution is 0.319. The summed E-state index contributed by atoms with van der Waals surface area (Å²) in [4.78, 5) is 7.19. The molecule has 252 valence electrons. The molecular weight excluding hydrogens is 637 g/mol. The monoisotopic (exact) mass is 676 g/mol. The summed E-state index contributed by atoms with van der Waals surface area (Å²) >= 11 is 0. The van der Waals surface area contributed by atoms with Gasteiger partial charge in [-0.1, -0.05) is 47.1 Å². The third-order valence-corrected chi connectivity index (χ3v) is 11.7. The third-order valence-electron chi connectivity index (χ3n) is 10.3. The van der Waals surface area contributed by atoms with Crippen LogP contribution in [0, 0.1) is 12.8 Å². The predicted octanol–water partition coefficient (Wildman–Crippen LogP) is 7.63. The number of aryl methyl sites for hydroxylation is 1. The van der Waals surface area contributed by atoms with Gasteiger partial charge in [-0.05, 0) is 103 Å². The highest BCUT2D eigenvalue weighted by atomic mass is 32.2. The minimum atomic E-state index is -3.76. The summed E-state index contributed by atoms with van der Waals surface area (Å²) in [6.45, 7) is 3.93. The van der Waals surface area contributed by atoms with Gasteiger partial charge in [0.1, 0.15) is 11.5 Å². The first-order chi connectivity index (χ1) is 23.7. The molecule has 49 heavy (non-hydrogen) atoms. The lowest BCUT2D eigenvalue weighted by Crippen LogP contribution is -2.33. The number of hydrogen-bond donors (Lipinski definition) is 4. The van der Waals surface area contributed by atoms with Crippen LogP contribution in [0.5, 0.6) is 11.5 Å². The zero-order valence-electron chi connectivity index (χ0n) is 27.9. The van der Waals surface area contributed by atoms with Gasteiger partial charge in [0.05, 0.1) is 24.8 Å². The molecule has 0 spiro atoms. The zero-order chi connectivity index (χ0) is 34.3. The number of aromatic amines is 2. The third kappa shape index (κ3) is 6.06. The standard InChI is InChI=1S/C39H40N4O5S/c1-24-5-13-31(14-6-24)49(45,46)42-23-39(27-9-7-26(8-10-27)25(2)43-44)20-28(39)17-32(35-21-40-37-15-11-29(47-3)18-33(35)37)36-22-41-38-16-12-30(48-4)19-34(36)38/h5-16,18-19,21-22,28,32,40-42,44H,17,20,23H2,1-4H3/b43-25+. The number of rotatable bonds is 12. The van der Waals surface area contributed by atoms with Crippen LogP contribution in [0.3, 0.4) is 0 Å². The Morgan fingerprint density at radius 3 is 2.00 bits per heavy atom. The molecule has 2 aromatic heterocycles. The number of hydrogen-bond acceptors (Lipinski definition) is 6. The van der Waals surface area contributed by atoms with Crippen molar-refractivity contribution in [2.24, 2.45) is 11.1 Å². The summed E-state index contributed by atoms with van der Waals surface area (Å²) in [5.41, 5.74) is 7.22. The number of nitrogens with one attached hydrogen (secondary N) is 3. The van der Waals surface area contributed by atoms with Gasteiger partial charge in [-0.15, -0.1) is 0 Å². The zero-order valence-corrected chi connectivity index (χ0v) is 28.8. The van der Waals surface area contributed by atoms with Crippen molar-refractivity contribution in [2.45, 2.75) is 42.9 Å². The van der Waals surface area contributed by atoms with Crippen molar-refractivity contribution >= 4 is 37.5 Å². The summed E-state index contributed by atoms with van der Waals surface area (Å²) in [6, 6.07) is 27.0. The van der Waals surface area contributed by atoms with E-state index in [1.54, 1.807) is 33.3 Å². The van der Waals surface area contributed by atoms with Crippen molar-refractivity contribution in [1.29, 1.82) is 0 Å². The molecule has 4 aromatic carbocycles. The van der Waals surface area contributed by atoms with Gasteiger partial charge in [0.25, 0.3) is 0 Å². The molecular formula is C39H40N4O5S. The van der Waals surface area contributed by atoms with Gasteiger partial charge in [-0.25, -0.2) is 13.1 Å². The highest BCUT2D eigenvalue weighted by Crippen LogP contribution is 2.59. The van der Waals surface area contributed by atoms with E-state index in [1.165, 1.54) is 0 Å². The number of benzene rings is 4. The van der Waals surface area contributed by atoms with Gasteiger partial charge in [0.15, 0.2) is 0 Å². The summed E-state index contributed by atoms with van der Waals surface area (Å²) in [5, 5.41) is 14.9. The Bertz CT molecular complexity index is 2190. The van der Waals surface area contributed by atoms with Crippen LogP contribution in [0.15, 0.2) is 107 Å². The number of nitrogens with zero attached hydrogens (tertiary/aromatic N) is 1. The first-order valence-electron chi connectivity index (χ1n) is 16.3. The molecule has 7 rings (SSSR count). The molecule has 0 bridgehead atoms. The van der Waals surface area contributed by atoms with Crippen LogP contribution in [-0.2, 0) is 15.4 Å². The van der Waals surface area contributed by atoms with Crippen LogP contribution in [0.2, 0.25) is 0 Å². The Kier molecular flexibility index (Phi) is 8.46. The Morgan fingerprint density at radius 2 is 1.47 bits per heavy atom. The van der Waals surface area contributed by atoms with Crippen molar-refractivity contribution in [2.75, 3.05) is 20.8 Å². The smallest absolute Gasteiger partial charge is 0.240 e. The molecule has 4 N–H and O–H groups in total. The molecule has 0 radical (unpaired) electrons. The molecule has 1 aliphatic carbocycles. The molecule has 2 atom stereocenters. The van der Waals surface area contributed by atoms with Crippen LogP contribution in [0.1, 0.15) is 53.5 Å². The normalized spacial score (nSPS) is 18.0. The summed E-state index contributed by atoms with van der Waals surface area (Å²) in [6.07, 6.45) is 5.73. The fraction of sp³-hybridized carbons (Fsp3) is 0.256. The van der Waals surface area contributed by atoms with Gasteiger partial charge in [0.2, 0.25) is 10.0 Å². The molecule has 2 unspecified atom stereocenters. The second-order valence-corrected chi connectivity index (χ2v) is 14.8. The van der Waals surface area contributed by atoms with Crippen molar-refractivity contribution in [3.63, 3.8) is 0 Å². The van der Waals surface area contributed by atoms with Crippen LogP contribution in [0.25, 0.3) is 21.8 Å². The molecule has 2 heterocycles. The molecule has 1 saturated carbocycles. The lowest BCUT2D eigenvalue weighted by atomic mass is 9.83. The van der Waals surface area contributed by atoms with Crippen molar-refractivity contribution in [1.82, 2.24) is 14.7 Å². The Morgan fingerprint density at radius 1 is 0.898 bits per heavy atom. The number of methoxy groups -OCH3 is 2. The maximum absolute atomic E-state index is 13.6. The van der Waals surface area contributed by atoms with Crippen molar-refractivity contribution in [3.05, 3.63) is 125 Å². The van der Waals surface area contributed by atoms with E-state index in [-0.39, 0.29) is 23.3 Å². The molecule has 10 heteroatoms. The highest BCUT2D eigenvalue weighted by Gasteiger charge is 2.56. The number of sulfonamides is 1. The van der Waals surface area contributed by atoms with Gasteiger partial charge in [-0.2, -0.15) is 0 Å². The van der Waals surface area contributed by atoms with E-state index in [9.17, 15) is 13.6 Å². The number of ether oxygens (including phenoxy) is 2. The van der Waals surface area contributed by atoms with Crippen LogP contribution >= 0.6 is 0 Å². The quantitative estimate of drug-likeness (QED) is 0.0602. The molecule has 9 nitrogen and oxygen atoms in total. The largest absolute Gasteiger partial charge is 0.497 e. The first kappa shape index (κ1) is 32.5. The average molecular weight is 677 g/mol.